The first-order valence-corrected chi connectivity index (χ1v) is 5.65. The van der Waals surface area contributed by atoms with Crippen LogP contribution in [0.3, 0.4) is 0 Å². The van der Waals surface area contributed by atoms with Crippen LogP contribution in [0.5, 0.6) is 0 Å². The van der Waals surface area contributed by atoms with E-state index in [0.29, 0.717) is 11.7 Å². The Balaban J connectivity index is 2.19. The molecule has 1 aliphatic rings. The summed E-state index contributed by atoms with van der Waals surface area (Å²) in [6, 6.07) is 7.86. The molecule has 0 unspecified atom stereocenters. The lowest BCUT2D eigenvalue weighted by Crippen LogP contribution is -2.21. The molecule has 0 spiro atoms. The van der Waals surface area contributed by atoms with E-state index in [-0.39, 0.29) is 0 Å². The van der Waals surface area contributed by atoms with E-state index >= 15 is 0 Å². The minimum atomic E-state index is 0.318. The predicted molar refractivity (Wildman–Crippen MR) is 60.8 cm³/mol. The molecule has 0 atom stereocenters. The van der Waals surface area contributed by atoms with Gasteiger partial charge in [-0.1, -0.05) is 18.6 Å². The van der Waals surface area contributed by atoms with E-state index in [4.69, 9.17) is 0 Å². The molecular weight excluding hydrogens is 275 g/mol. The van der Waals surface area contributed by atoms with Crippen molar-refractivity contribution in [1.82, 2.24) is 0 Å². The maximum absolute atomic E-state index is 11.8. The summed E-state index contributed by atoms with van der Waals surface area (Å²) in [4.78, 5) is 11.8. The highest BCUT2D eigenvalue weighted by Crippen LogP contribution is 2.29. The van der Waals surface area contributed by atoms with Gasteiger partial charge in [0, 0.05) is 15.1 Å². The van der Waals surface area contributed by atoms with E-state index in [0.717, 1.165) is 22.0 Å². The molecule has 1 aromatic carbocycles. The largest absolute Gasteiger partial charge is 0.294 e. The highest BCUT2D eigenvalue weighted by Gasteiger charge is 2.25. The Morgan fingerprint density at radius 1 is 1.38 bits per heavy atom. The Labute approximate surface area is 91.7 Å². The zero-order valence-corrected chi connectivity index (χ0v) is 9.45. The lowest BCUT2D eigenvalue weighted by atomic mass is 9.80. The molecule has 1 saturated carbocycles. The molecule has 0 aromatic heterocycles. The van der Waals surface area contributed by atoms with Crippen LogP contribution in [-0.4, -0.2) is 5.78 Å². The van der Waals surface area contributed by atoms with Crippen molar-refractivity contribution in [3.05, 3.63) is 33.4 Å². The van der Waals surface area contributed by atoms with Crippen molar-refractivity contribution in [2.45, 2.75) is 19.3 Å². The fourth-order valence-electron chi connectivity index (χ4n) is 1.55. The van der Waals surface area contributed by atoms with Crippen LogP contribution < -0.4 is 0 Å². The van der Waals surface area contributed by atoms with E-state index < -0.39 is 0 Å². The second-order valence-corrected chi connectivity index (χ2v) is 4.75. The first-order valence-electron chi connectivity index (χ1n) is 4.57. The lowest BCUT2D eigenvalue weighted by Gasteiger charge is -2.23. The Hall–Kier alpha value is -0.380. The molecule has 13 heavy (non-hydrogen) atoms. The number of carbonyl (C=O) groups excluding carboxylic acids is 1. The first-order chi connectivity index (χ1) is 6.27. The lowest BCUT2D eigenvalue weighted by molar-refractivity contribution is 0.0855. The molecule has 0 bridgehead atoms. The highest BCUT2D eigenvalue weighted by atomic mass is 127. The van der Waals surface area contributed by atoms with Gasteiger partial charge >= 0.3 is 0 Å². The Morgan fingerprint density at radius 3 is 2.69 bits per heavy atom. The van der Waals surface area contributed by atoms with Crippen LogP contribution in [0, 0.1) is 9.49 Å². The van der Waals surface area contributed by atoms with Crippen molar-refractivity contribution in [1.29, 1.82) is 0 Å². The molecule has 2 heteroatoms. The molecular formula is C11H11IO. The molecule has 0 saturated heterocycles. The number of halogens is 1. The van der Waals surface area contributed by atoms with Gasteiger partial charge in [-0.25, -0.2) is 0 Å². The van der Waals surface area contributed by atoms with E-state index in [2.05, 4.69) is 22.6 Å². The standard InChI is InChI=1S/C11H11IO/c12-10-6-2-5-9(7-10)11(13)8-3-1-4-8/h2,5-8H,1,3-4H2. The summed E-state index contributed by atoms with van der Waals surface area (Å²) >= 11 is 2.24. The summed E-state index contributed by atoms with van der Waals surface area (Å²) in [6.45, 7) is 0. The average molecular weight is 286 g/mol. The number of Topliss-reactive ketones (excluding diaryl/α,β-unsaturated/α-hetero) is 1. The summed E-state index contributed by atoms with van der Waals surface area (Å²) in [5.74, 6) is 0.656. The third kappa shape index (κ3) is 1.93. The van der Waals surface area contributed by atoms with Crippen molar-refractivity contribution in [3.63, 3.8) is 0 Å². The summed E-state index contributed by atoms with van der Waals surface area (Å²) in [5, 5.41) is 0. The van der Waals surface area contributed by atoms with Crippen LogP contribution >= 0.6 is 22.6 Å². The van der Waals surface area contributed by atoms with Crippen molar-refractivity contribution < 1.29 is 4.79 Å². The summed E-state index contributed by atoms with van der Waals surface area (Å²) in [7, 11) is 0. The van der Waals surface area contributed by atoms with Gasteiger partial charge in [0.1, 0.15) is 0 Å². The number of carbonyl (C=O) groups is 1. The number of hydrogen-bond donors (Lipinski definition) is 0. The van der Waals surface area contributed by atoms with Gasteiger partial charge in [-0.2, -0.15) is 0 Å². The van der Waals surface area contributed by atoms with Crippen LogP contribution in [0.4, 0.5) is 0 Å². The van der Waals surface area contributed by atoms with Crippen LogP contribution in [-0.2, 0) is 0 Å². The summed E-state index contributed by atoms with van der Waals surface area (Å²) in [5.41, 5.74) is 0.886. The molecule has 0 aliphatic heterocycles. The number of ketones is 1. The maximum Gasteiger partial charge on any atom is 0.165 e. The zero-order valence-electron chi connectivity index (χ0n) is 7.29. The Kier molecular flexibility index (Phi) is 2.67. The fourth-order valence-corrected chi connectivity index (χ4v) is 2.09. The van der Waals surface area contributed by atoms with Crippen molar-refractivity contribution in [2.75, 3.05) is 0 Å². The predicted octanol–water partition coefficient (Wildman–Crippen LogP) is 3.27. The van der Waals surface area contributed by atoms with Crippen molar-refractivity contribution in [2.24, 2.45) is 5.92 Å². The van der Waals surface area contributed by atoms with E-state index in [1.165, 1.54) is 6.42 Å². The van der Waals surface area contributed by atoms with Gasteiger partial charge in [0.15, 0.2) is 5.78 Å². The molecule has 1 nitrogen and oxygen atoms in total. The van der Waals surface area contributed by atoms with E-state index in [1.807, 2.05) is 24.3 Å². The van der Waals surface area contributed by atoms with Gasteiger partial charge < -0.3 is 0 Å². The molecule has 2 rings (SSSR count). The monoisotopic (exact) mass is 286 g/mol. The van der Waals surface area contributed by atoms with Gasteiger partial charge in [0.2, 0.25) is 0 Å². The third-order valence-electron chi connectivity index (χ3n) is 2.59. The zero-order chi connectivity index (χ0) is 9.26. The normalized spacial score (nSPS) is 16.7. The smallest absolute Gasteiger partial charge is 0.165 e. The van der Waals surface area contributed by atoms with Crippen LogP contribution in [0.1, 0.15) is 29.6 Å². The fraction of sp³-hybridized carbons (Fsp3) is 0.364. The van der Waals surface area contributed by atoms with Crippen LogP contribution in [0.2, 0.25) is 0 Å². The van der Waals surface area contributed by atoms with Gasteiger partial charge in [-0.15, -0.1) is 0 Å². The molecule has 0 amide bonds. The minimum absolute atomic E-state index is 0.318. The number of hydrogen-bond acceptors (Lipinski definition) is 1. The van der Waals surface area contributed by atoms with Gasteiger partial charge in [-0.3, -0.25) is 4.79 Å². The Bertz CT molecular complexity index is 329. The van der Waals surface area contributed by atoms with E-state index in [1.54, 1.807) is 0 Å². The molecule has 1 aliphatic carbocycles. The van der Waals surface area contributed by atoms with Gasteiger partial charge in [0.05, 0.1) is 0 Å². The van der Waals surface area contributed by atoms with Crippen LogP contribution in [0.15, 0.2) is 24.3 Å². The molecule has 0 heterocycles. The van der Waals surface area contributed by atoms with Crippen molar-refractivity contribution in [3.8, 4) is 0 Å². The quantitative estimate of drug-likeness (QED) is 0.602. The minimum Gasteiger partial charge on any atom is -0.294 e. The van der Waals surface area contributed by atoms with Gasteiger partial charge in [-0.05, 0) is 47.6 Å². The topological polar surface area (TPSA) is 17.1 Å². The molecule has 0 N–H and O–H groups in total. The molecule has 68 valence electrons. The number of benzene rings is 1. The second kappa shape index (κ2) is 3.78. The highest BCUT2D eigenvalue weighted by molar-refractivity contribution is 14.1. The third-order valence-corrected chi connectivity index (χ3v) is 3.26. The maximum atomic E-state index is 11.8. The second-order valence-electron chi connectivity index (χ2n) is 3.50. The molecule has 1 aromatic rings. The van der Waals surface area contributed by atoms with Crippen molar-refractivity contribution >= 4 is 28.4 Å². The first kappa shape index (κ1) is 9.19. The molecule has 0 radical (unpaired) electrons. The van der Waals surface area contributed by atoms with Gasteiger partial charge in [0.25, 0.3) is 0 Å². The van der Waals surface area contributed by atoms with E-state index in [9.17, 15) is 4.79 Å². The summed E-state index contributed by atoms with van der Waals surface area (Å²) in [6.07, 6.45) is 3.40. The summed E-state index contributed by atoms with van der Waals surface area (Å²) < 4.78 is 1.14. The number of rotatable bonds is 2. The van der Waals surface area contributed by atoms with Crippen LogP contribution in [0.25, 0.3) is 0 Å². The SMILES string of the molecule is O=C(c1cccc(I)c1)C1CCC1. The Morgan fingerprint density at radius 2 is 2.15 bits per heavy atom. The molecule has 1 fully saturated rings. The average Bonchev–Trinajstić information content (AvgIpc) is 2.01.